The van der Waals surface area contributed by atoms with Crippen LogP contribution in [0.3, 0.4) is 0 Å². The second-order valence-electron chi connectivity index (χ2n) is 7.19. The number of anilines is 1. The van der Waals surface area contributed by atoms with Gasteiger partial charge < -0.3 is 14.8 Å². The van der Waals surface area contributed by atoms with E-state index >= 15 is 0 Å². The molecule has 1 aromatic carbocycles. The van der Waals surface area contributed by atoms with Gasteiger partial charge in [-0.1, -0.05) is 23.4 Å². The van der Waals surface area contributed by atoms with E-state index in [1.54, 1.807) is 0 Å². The number of hydrogen-bond donors (Lipinski definition) is 1. The maximum Gasteiger partial charge on any atom is 0.0906 e. The Morgan fingerprint density at radius 2 is 1.95 bits per heavy atom. The average Bonchev–Trinajstić information content (AvgIpc) is 2.65. The molecule has 114 valence electrons. The molecule has 1 N–H and O–H groups in total. The van der Waals surface area contributed by atoms with Gasteiger partial charge in [-0.25, -0.2) is 0 Å². The van der Waals surface area contributed by atoms with Crippen LogP contribution in [0, 0.1) is 0 Å². The minimum Gasteiger partial charge on any atom is -0.411 e. The fourth-order valence-corrected chi connectivity index (χ4v) is 3.90. The second kappa shape index (κ2) is 4.73. The van der Waals surface area contributed by atoms with Crippen molar-refractivity contribution in [1.82, 2.24) is 0 Å². The van der Waals surface area contributed by atoms with Crippen LogP contribution in [0.25, 0.3) is 0 Å². The number of rotatable bonds is 1. The van der Waals surface area contributed by atoms with Crippen LogP contribution in [0.1, 0.15) is 46.1 Å². The van der Waals surface area contributed by atoms with Gasteiger partial charge in [-0.05, 0) is 40.2 Å². The van der Waals surface area contributed by atoms with E-state index in [-0.39, 0.29) is 11.2 Å². The van der Waals surface area contributed by atoms with Crippen LogP contribution >= 0.6 is 0 Å². The topological polar surface area (TPSA) is 45.1 Å². The van der Waals surface area contributed by atoms with Gasteiger partial charge >= 0.3 is 0 Å². The predicted octanol–water partition coefficient (Wildman–Crippen LogP) is 3.42. The molecule has 0 aliphatic carbocycles. The molecule has 1 aromatic rings. The normalized spacial score (nSPS) is 28.7. The first-order valence-electron chi connectivity index (χ1n) is 7.61. The van der Waals surface area contributed by atoms with Crippen molar-refractivity contribution in [3.8, 4) is 0 Å². The Morgan fingerprint density at radius 3 is 2.57 bits per heavy atom. The molecule has 1 unspecified atom stereocenters. The van der Waals surface area contributed by atoms with Crippen LogP contribution in [-0.4, -0.2) is 34.7 Å². The molecule has 0 radical (unpaired) electrons. The summed E-state index contributed by atoms with van der Waals surface area (Å²) < 4.78 is 6.25. The average molecular weight is 288 g/mol. The first-order chi connectivity index (χ1) is 9.84. The Balaban J connectivity index is 2.01. The predicted molar refractivity (Wildman–Crippen MR) is 84.4 cm³/mol. The summed E-state index contributed by atoms with van der Waals surface area (Å²) in [7, 11) is 0. The zero-order valence-corrected chi connectivity index (χ0v) is 13.3. The van der Waals surface area contributed by atoms with Crippen LogP contribution in [-0.2, 0) is 4.74 Å². The molecule has 2 aliphatic heterocycles. The minimum atomic E-state index is -0.190. The van der Waals surface area contributed by atoms with Crippen LogP contribution in [0.4, 0.5) is 5.69 Å². The van der Waals surface area contributed by atoms with Crippen molar-refractivity contribution in [2.75, 3.05) is 11.4 Å². The summed E-state index contributed by atoms with van der Waals surface area (Å²) in [5.41, 5.74) is 2.67. The third-order valence-electron chi connectivity index (χ3n) is 4.64. The van der Waals surface area contributed by atoms with Crippen LogP contribution in [0.2, 0.25) is 0 Å². The highest BCUT2D eigenvalue weighted by Gasteiger charge is 2.49. The van der Waals surface area contributed by atoms with E-state index in [9.17, 15) is 5.21 Å². The molecule has 1 atom stereocenters. The number of para-hydroxylation sites is 1. The van der Waals surface area contributed by atoms with E-state index in [0.29, 0.717) is 6.04 Å². The van der Waals surface area contributed by atoms with Crippen molar-refractivity contribution in [3.05, 3.63) is 29.8 Å². The molecular formula is C17H24N2O2. The molecule has 21 heavy (non-hydrogen) atoms. The minimum absolute atomic E-state index is 0.103. The number of benzene rings is 1. The standard InChI is InChI=1S/C17H24N2O2/c1-16(2)11-15(17(3,4)21-16)19-10-9-13(18-20)12-7-5-6-8-14(12)19/h5-8,15,20H,9-11H2,1-4H3/b18-13-. The van der Waals surface area contributed by atoms with E-state index in [2.05, 4.69) is 43.8 Å². The van der Waals surface area contributed by atoms with E-state index in [1.165, 1.54) is 0 Å². The van der Waals surface area contributed by atoms with Crippen molar-refractivity contribution in [3.63, 3.8) is 0 Å². The highest BCUT2D eigenvalue weighted by atomic mass is 16.5. The van der Waals surface area contributed by atoms with Gasteiger partial charge in [0.05, 0.1) is 23.0 Å². The Bertz CT molecular complexity index is 578. The van der Waals surface area contributed by atoms with E-state index in [1.807, 2.05) is 18.2 Å². The molecule has 2 heterocycles. The van der Waals surface area contributed by atoms with Crippen molar-refractivity contribution >= 4 is 11.4 Å². The second-order valence-corrected chi connectivity index (χ2v) is 7.19. The van der Waals surface area contributed by atoms with E-state index in [4.69, 9.17) is 4.74 Å². The van der Waals surface area contributed by atoms with Gasteiger partial charge in [-0.2, -0.15) is 0 Å². The largest absolute Gasteiger partial charge is 0.411 e. The van der Waals surface area contributed by atoms with Gasteiger partial charge in [0.25, 0.3) is 0 Å². The van der Waals surface area contributed by atoms with Gasteiger partial charge in [0, 0.05) is 24.2 Å². The maximum atomic E-state index is 9.22. The Kier molecular flexibility index (Phi) is 3.24. The van der Waals surface area contributed by atoms with Crippen molar-refractivity contribution in [2.24, 2.45) is 5.16 Å². The van der Waals surface area contributed by atoms with Crippen molar-refractivity contribution in [2.45, 2.75) is 57.8 Å². The van der Waals surface area contributed by atoms with E-state index < -0.39 is 0 Å². The van der Waals surface area contributed by atoms with E-state index in [0.717, 1.165) is 36.3 Å². The lowest BCUT2D eigenvalue weighted by Crippen LogP contribution is -2.49. The summed E-state index contributed by atoms with van der Waals surface area (Å²) in [6, 6.07) is 8.51. The molecule has 0 bridgehead atoms. The molecule has 4 nitrogen and oxygen atoms in total. The Labute approximate surface area is 126 Å². The fourth-order valence-electron chi connectivity index (χ4n) is 3.90. The number of fused-ring (bicyclic) bond motifs is 1. The molecule has 0 aromatic heterocycles. The highest BCUT2D eigenvalue weighted by molar-refractivity contribution is 6.06. The highest BCUT2D eigenvalue weighted by Crippen LogP contribution is 2.43. The maximum absolute atomic E-state index is 9.22. The summed E-state index contributed by atoms with van der Waals surface area (Å²) in [4.78, 5) is 2.43. The molecule has 0 spiro atoms. The zero-order valence-electron chi connectivity index (χ0n) is 13.3. The number of nitrogens with zero attached hydrogens (tertiary/aromatic N) is 2. The zero-order chi connectivity index (χ0) is 15.3. The summed E-state index contributed by atoms with van der Waals surface area (Å²) in [5, 5.41) is 12.7. The smallest absolute Gasteiger partial charge is 0.0906 e. The Morgan fingerprint density at radius 1 is 1.24 bits per heavy atom. The summed E-state index contributed by atoms with van der Waals surface area (Å²) in [5.74, 6) is 0. The van der Waals surface area contributed by atoms with Crippen LogP contribution < -0.4 is 4.90 Å². The van der Waals surface area contributed by atoms with Gasteiger partial charge in [0.15, 0.2) is 0 Å². The lowest BCUT2D eigenvalue weighted by atomic mass is 9.89. The first kappa shape index (κ1) is 14.4. The van der Waals surface area contributed by atoms with Gasteiger partial charge in [0.1, 0.15) is 0 Å². The first-order valence-corrected chi connectivity index (χ1v) is 7.61. The number of ether oxygens (including phenoxy) is 1. The van der Waals surface area contributed by atoms with Crippen molar-refractivity contribution in [1.29, 1.82) is 0 Å². The van der Waals surface area contributed by atoms with Gasteiger partial charge in [-0.3, -0.25) is 0 Å². The number of oxime groups is 1. The van der Waals surface area contributed by atoms with Crippen molar-refractivity contribution < 1.29 is 9.94 Å². The van der Waals surface area contributed by atoms with Gasteiger partial charge in [0.2, 0.25) is 0 Å². The number of hydrogen-bond acceptors (Lipinski definition) is 4. The molecule has 0 saturated carbocycles. The summed E-state index contributed by atoms with van der Waals surface area (Å²) in [6.45, 7) is 9.52. The fraction of sp³-hybridized carbons (Fsp3) is 0.588. The molecule has 3 rings (SSSR count). The summed E-state index contributed by atoms with van der Waals surface area (Å²) in [6.07, 6.45) is 1.76. The monoisotopic (exact) mass is 288 g/mol. The lowest BCUT2D eigenvalue weighted by molar-refractivity contribution is -0.0679. The third kappa shape index (κ3) is 2.42. The Hall–Kier alpha value is -1.55. The molecule has 1 fully saturated rings. The van der Waals surface area contributed by atoms with Crippen LogP contribution in [0.15, 0.2) is 29.4 Å². The molecular weight excluding hydrogens is 264 g/mol. The molecule has 2 aliphatic rings. The molecule has 4 heteroatoms. The molecule has 0 amide bonds. The summed E-state index contributed by atoms with van der Waals surface area (Å²) >= 11 is 0. The third-order valence-corrected chi connectivity index (χ3v) is 4.64. The van der Waals surface area contributed by atoms with Gasteiger partial charge in [-0.15, -0.1) is 0 Å². The quantitative estimate of drug-likeness (QED) is 0.636. The molecule has 1 saturated heterocycles. The SMILES string of the molecule is CC1(C)CC(N2CC/C(=N/O)c3ccccc32)C(C)(C)O1. The lowest BCUT2D eigenvalue weighted by Gasteiger charge is -2.41. The van der Waals surface area contributed by atoms with Crippen LogP contribution in [0.5, 0.6) is 0 Å².